The molecule has 1 atom stereocenters. The number of carbonyl (C=O) groups excluding carboxylic acids is 1. The molecule has 0 aliphatic rings. The SMILES string of the molecule is CCC(=O)N[C@H](CO)c1cccc(CC)c1. The van der Waals surface area contributed by atoms with Gasteiger partial charge in [-0.15, -0.1) is 0 Å². The van der Waals surface area contributed by atoms with Gasteiger partial charge in [-0.2, -0.15) is 0 Å². The van der Waals surface area contributed by atoms with Crippen molar-refractivity contribution in [1.82, 2.24) is 5.32 Å². The molecule has 0 aromatic heterocycles. The predicted octanol–water partition coefficient (Wildman–Crippen LogP) is 1.81. The van der Waals surface area contributed by atoms with Gasteiger partial charge in [0.2, 0.25) is 5.91 Å². The highest BCUT2D eigenvalue weighted by molar-refractivity contribution is 5.76. The van der Waals surface area contributed by atoms with Crippen LogP contribution in [0.2, 0.25) is 0 Å². The minimum atomic E-state index is -0.293. The van der Waals surface area contributed by atoms with Gasteiger partial charge in [-0.05, 0) is 17.5 Å². The Balaban J connectivity index is 2.81. The lowest BCUT2D eigenvalue weighted by molar-refractivity contribution is -0.121. The predicted molar refractivity (Wildman–Crippen MR) is 64.1 cm³/mol. The minimum Gasteiger partial charge on any atom is -0.394 e. The fraction of sp³-hybridized carbons (Fsp3) is 0.462. The van der Waals surface area contributed by atoms with Crippen LogP contribution in [0.15, 0.2) is 24.3 Å². The smallest absolute Gasteiger partial charge is 0.220 e. The number of aliphatic hydroxyl groups excluding tert-OH is 1. The topological polar surface area (TPSA) is 49.3 Å². The molecule has 0 saturated carbocycles. The van der Waals surface area contributed by atoms with Gasteiger partial charge in [-0.1, -0.05) is 38.1 Å². The second-order valence-electron chi connectivity index (χ2n) is 3.75. The van der Waals surface area contributed by atoms with E-state index in [1.54, 1.807) is 6.92 Å². The Bertz CT molecular complexity index is 350. The first-order valence-corrected chi connectivity index (χ1v) is 5.70. The molecular formula is C13H19NO2. The number of rotatable bonds is 5. The standard InChI is InChI=1S/C13H19NO2/c1-3-10-6-5-7-11(8-10)12(9-15)14-13(16)4-2/h5-8,12,15H,3-4,9H2,1-2H3,(H,14,16)/t12-/m1/s1. The summed E-state index contributed by atoms with van der Waals surface area (Å²) in [6.07, 6.45) is 1.39. The first-order chi connectivity index (χ1) is 7.71. The van der Waals surface area contributed by atoms with Crippen molar-refractivity contribution >= 4 is 5.91 Å². The fourth-order valence-corrected chi connectivity index (χ4v) is 1.56. The quantitative estimate of drug-likeness (QED) is 0.796. The molecule has 0 fully saturated rings. The summed E-state index contributed by atoms with van der Waals surface area (Å²) in [4.78, 5) is 11.3. The lowest BCUT2D eigenvalue weighted by Crippen LogP contribution is -2.30. The first-order valence-electron chi connectivity index (χ1n) is 5.70. The molecule has 1 rings (SSSR count). The average molecular weight is 221 g/mol. The number of hydrogen-bond donors (Lipinski definition) is 2. The molecule has 0 saturated heterocycles. The molecule has 2 N–H and O–H groups in total. The van der Waals surface area contributed by atoms with E-state index in [1.165, 1.54) is 5.56 Å². The molecule has 1 amide bonds. The van der Waals surface area contributed by atoms with Crippen molar-refractivity contribution in [2.75, 3.05) is 6.61 Å². The number of hydrogen-bond acceptors (Lipinski definition) is 2. The number of carbonyl (C=O) groups is 1. The maximum Gasteiger partial charge on any atom is 0.220 e. The van der Waals surface area contributed by atoms with Crippen LogP contribution in [0.25, 0.3) is 0 Å². The summed E-state index contributed by atoms with van der Waals surface area (Å²) in [6, 6.07) is 7.65. The third-order valence-electron chi connectivity index (χ3n) is 2.60. The second-order valence-corrected chi connectivity index (χ2v) is 3.75. The largest absolute Gasteiger partial charge is 0.394 e. The average Bonchev–Trinajstić information content (AvgIpc) is 2.35. The molecule has 1 aromatic rings. The van der Waals surface area contributed by atoms with E-state index in [1.807, 2.05) is 24.3 Å². The zero-order valence-electron chi connectivity index (χ0n) is 9.86. The van der Waals surface area contributed by atoms with E-state index < -0.39 is 0 Å². The maximum atomic E-state index is 11.3. The summed E-state index contributed by atoms with van der Waals surface area (Å²) >= 11 is 0. The Labute approximate surface area is 96.5 Å². The number of aliphatic hydroxyl groups is 1. The summed E-state index contributed by atoms with van der Waals surface area (Å²) in [5.74, 6) is -0.0408. The van der Waals surface area contributed by atoms with Crippen molar-refractivity contribution in [2.45, 2.75) is 32.7 Å². The monoisotopic (exact) mass is 221 g/mol. The summed E-state index contributed by atoms with van der Waals surface area (Å²) in [6.45, 7) is 3.81. The van der Waals surface area contributed by atoms with Crippen molar-refractivity contribution in [2.24, 2.45) is 0 Å². The zero-order valence-corrected chi connectivity index (χ0v) is 9.86. The lowest BCUT2D eigenvalue weighted by atomic mass is 10.0. The van der Waals surface area contributed by atoms with Gasteiger partial charge < -0.3 is 10.4 Å². The highest BCUT2D eigenvalue weighted by atomic mass is 16.3. The minimum absolute atomic E-state index is 0.0408. The molecule has 0 spiro atoms. The van der Waals surface area contributed by atoms with Crippen LogP contribution in [-0.4, -0.2) is 17.6 Å². The van der Waals surface area contributed by atoms with Gasteiger partial charge >= 0.3 is 0 Å². The van der Waals surface area contributed by atoms with E-state index in [-0.39, 0.29) is 18.6 Å². The van der Waals surface area contributed by atoms with Gasteiger partial charge in [-0.25, -0.2) is 0 Å². The third-order valence-corrected chi connectivity index (χ3v) is 2.60. The van der Waals surface area contributed by atoms with Crippen LogP contribution in [0, 0.1) is 0 Å². The molecule has 0 unspecified atom stereocenters. The van der Waals surface area contributed by atoms with Crippen LogP contribution in [0.5, 0.6) is 0 Å². The molecule has 0 aliphatic carbocycles. The van der Waals surface area contributed by atoms with Gasteiger partial charge in [0.1, 0.15) is 0 Å². The number of nitrogens with one attached hydrogen (secondary N) is 1. The Morgan fingerprint density at radius 3 is 2.75 bits per heavy atom. The molecule has 0 bridgehead atoms. The van der Waals surface area contributed by atoms with Crippen molar-refractivity contribution in [3.05, 3.63) is 35.4 Å². The van der Waals surface area contributed by atoms with E-state index in [0.717, 1.165) is 12.0 Å². The Morgan fingerprint density at radius 2 is 2.19 bits per heavy atom. The number of aryl methyl sites for hydroxylation is 1. The van der Waals surface area contributed by atoms with E-state index in [4.69, 9.17) is 0 Å². The Kier molecular flexibility index (Phi) is 4.99. The van der Waals surface area contributed by atoms with Gasteiger partial charge in [0, 0.05) is 6.42 Å². The van der Waals surface area contributed by atoms with Gasteiger partial charge in [0.05, 0.1) is 12.6 Å². The highest BCUT2D eigenvalue weighted by Gasteiger charge is 2.12. The summed E-state index contributed by atoms with van der Waals surface area (Å²) in [5, 5.41) is 12.1. The molecule has 1 aromatic carbocycles. The van der Waals surface area contributed by atoms with Crippen LogP contribution in [0.3, 0.4) is 0 Å². The van der Waals surface area contributed by atoms with Crippen LogP contribution in [-0.2, 0) is 11.2 Å². The van der Waals surface area contributed by atoms with Crippen LogP contribution >= 0.6 is 0 Å². The molecule has 3 heteroatoms. The van der Waals surface area contributed by atoms with Crippen LogP contribution in [0.1, 0.15) is 37.4 Å². The lowest BCUT2D eigenvalue weighted by Gasteiger charge is -2.17. The van der Waals surface area contributed by atoms with Gasteiger partial charge in [0.15, 0.2) is 0 Å². The summed E-state index contributed by atoms with van der Waals surface area (Å²) < 4.78 is 0. The van der Waals surface area contributed by atoms with Crippen molar-refractivity contribution in [3.8, 4) is 0 Å². The highest BCUT2D eigenvalue weighted by Crippen LogP contribution is 2.14. The first kappa shape index (κ1) is 12.7. The summed E-state index contributed by atoms with van der Waals surface area (Å²) in [7, 11) is 0. The Hall–Kier alpha value is -1.35. The normalized spacial score (nSPS) is 12.2. The fourth-order valence-electron chi connectivity index (χ4n) is 1.56. The van der Waals surface area contributed by atoms with Gasteiger partial charge in [0.25, 0.3) is 0 Å². The van der Waals surface area contributed by atoms with Gasteiger partial charge in [-0.3, -0.25) is 4.79 Å². The molecule has 16 heavy (non-hydrogen) atoms. The van der Waals surface area contributed by atoms with Crippen molar-refractivity contribution in [1.29, 1.82) is 0 Å². The van der Waals surface area contributed by atoms with E-state index in [9.17, 15) is 9.90 Å². The van der Waals surface area contributed by atoms with E-state index in [2.05, 4.69) is 12.2 Å². The van der Waals surface area contributed by atoms with Crippen LogP contribution in [0.4, 0.5) is 0 Å². The third kappa shape index (κ3) is 3.35. The summed E-state index contributed by atoms with van der Waals surface area (Å²) in [5.41, 5.74) is 2.17. The van der Waals surface area contributed by atoms with Crippen molar-refractivity contribution in [3.63, 3.8) is 0 Å². The maximum absolute atomic E-state index is 11.3. The molecule has 3 nitrogen and oxygen atoms in total. The molecule has 0 radical (unpaired) electrons. The Morgan fingerprint density at radius 1 is 1.44 bits per heavy atom. The zero-order chi connectivity index (χ0) is 12.0. The van der Waals surface area contributed by atoms with E-state index >= 15 is 0 Å². The molecular weight excluding hydrogens is 202 g/mol. The van der Waals surface area contributed by atoms with Crippen LogP contribution < -0.4 is 5.32 Å². The van der Waals surface area contributed by atoms with E-state index in [0.29, 0.717) is 6.42 Å². The second kappa shape index (κ2) is 6.28. The number of benzene rings is 1. The molecule has 0 heterocycles. The van der Waals surface area contributed by atoms with Crippen molar-refractivity contribution < 1.29 is 9.90 Å². The molecule has 0 aliphatic heterocycles. The number of amides is 1. The molecule has 88 valence electrons.